The summed E-state index contributed by atoms with van der Waals surface area (Å²) in [5.41, 5.74) is 0. The van der Waals surface area contributed by atoms with Crippen LogP contribution in [-0.4, -0.2) is 19.1 Å². The van der Waals surface area contributed by atoms with E-state index in [0.29, 0.717) is 30.1 Å². The van der Waals surface area contributed by atoms with Crippen LogP contribution in [0.15, 0.2) is 16.5 Å². The SMILES string of the molecule is CCC1CCCCC1NC(=O)c1ccc(COC)o1. The van der Waals surface area contributed by atoms with Crippen LogP contribution in [0.5, 0.6) is 0 Å². The molecule has 2 atom stereocenters. The molecule has 2 rings (SSSR count). The number of methoxy groups -OCH3 is 1. The number of furan rings is 1. The molecule has 0 radical (unpaired) electrons. The van der Waals surface area contributed by atoms with Crippen LogP contribution in [0.1, 0.15) is 55.3 Å². The Hall–Kier alpha value is -1.29. The molecule has 1 N–H and O–H groups in total. The smallest absolute Gasteiger partial charge is 0.287 e. The van der Waals surface area contributed by atoms with Crippen molar-refractivity contribution >= 4 is 5.91 Å². The summed E-state index contributed by atoms with van der Waals surface area (Å²) in [6.07, 6.45) is 5.90. The number of amides is 1. The molecule has 4 heteroatoms. The summed E-state index contributed by atoms with van der Waals surface area (Å²) in [4.78, 5) is 12.1. The first-order chi connectivity index (χ1) is 9.24. The molecular formula is C15H23NO3. The first kappa shape index (κ1) is 14.1. The lowest BCUT2D eigenvalue weighted by Gasteiger charge is -2.31. The highest BCUT2D eigenvalue weighted by Crippen LogP contribution is 2.27. The number of carbonyl (C=O) groups excluding carboxylic acids is 1. The van der Waals surface area contributed by atoms with E-state index >= 15 is 0 Å². The average Bonchev–Trinajstić information content (AvgIpc) is 2.88. The van der Waals surface area contributed by atoms with E-state index in [1.54, 1.807) is 19.2 Å². The molecule has 1 heterocycles. The van der Waals surface area contributed by atoms with Crippen LogP contribution in [0.2, 0.25) is 0 Å². The van der Waals surface area contributed by atoms with Crippen LogP contribution in [0, 0.1) is 5.92 Å². The predicted octanol–water partition coefficient (Wildman–Crippen LogP) is 3.12. The van der Waals surface area contributed by atoms with Gasteiger partial charge in [-0.15, -0.1) is 0 Å². The highest BCUT2D eigenvalue weighted by atomic mass is 16.5. The standard InChI is InChI=1S/C15H23NO3/c1-3-11-6-4-5-7-13(11)16-15(17)14-9-8-12(19-14)10-18-2/h8-9,11,13H,3-7,10H2,1-2H3,(H,16,17). The summed E-state index contributed by atoms with van der Waals surface area (Å²) in [6.45, 7) is 2.59. The molecule has 19 heavy (non-hydrogen) atoms. The maximum absolute atomic E-state index is 12.1. The average molecular weight is 265 g/mol. The van der Waals surface area contributed by atoms with Crippen molar-refractivity contribution in [2.45, 2.75) is 51.7 Å². The van der Waals surface area contributed by atoms with Crippen LogP contribution in [0.25, 0.3) is 0 Å². The van der Waals surface area contributed by atoms with Crippen LogP contribution < -0.4 is 5.32 Å². The molecule has 4 nitrogen and oxygen atoms in total. The molecule has 1 fully saturated rings. The van der Waals surface area contributed by atoms with Gasteiger partial charge in [0.05, 0.1) is 0 Å². The van der Waals surface area contributed by atoms with Gasteiger partial charge >= 0.3 is 0 Å². The van der Waals surface area contributed by atoms with E-state index in [0.717, 1.165) is 12.8 Å². The second-order valence-electron chi connectivity index (χ2n) is 5.23. The molecule has 1 aromatic rings. The Morgan fingerprint density at radius 2 is 2.21 bits per heavy atom. The number of ether oxygens (including phenoxy) is 1. The van der Waals surface area contributed by atoms with Crippen molar-refractivity contribution in [3.63, 3.8) is 0 Å². The lowest BCUT2D eigenvalue weighted by molar-refractivity contribution is 0.0868. The number of hydrogen-bond acceptors (Lipinski definition) is 3. The second-order valence-corrected chi connectivity index (χ2v) is 5.23. The van der Waals surface area contributed by atoms with Crippen LogP contribution >= 0.6 is 0 Å². The third-order valence-electron chi connectivity index (χ3n) is 3.92. The normalized spacial score (nSPS) is 23.3. The van der Waals surface area contributed by atoms with E-state index in [9.17, 15) is 4.79 Å². The van der Waals surface area contributed by atoms with Crippen LogP contribution in [-0.2, 0) is 11.3 Å². The van der Waals surface area contributed by atoms with E-state index in [1.165, 1.54) is 19.3 Å². The molecule has 106 valence electrons. The first-order valence-corrected chi connectivity index (χ1v) is 7.13. The van der Waals surface area contributed by atoms with Gasteiger partial charge in [0, 0.05) is 13.2 Å². The molecule has 0 saturated heterocycles. The fraction of sp³-hybridized carbons (Fsp3) is 0.667. The molecule has 1 aliphatic rings. The predicted molar refractivity (Wildman–Crippen MR) is 72.9 cm³/mol. The largest absolute Gasteiger partial charge is 0.453 e. The Balaban J connectivity index is 1.95. The first-order valence-electron chi connectivity index (χ1n) is 7.13. The molecule has 0 aliphatic heterocycles. The minimum Gasteiger partial charge on any atom is -0.453 e. The number of rotatable bonds is 5. The lowest BCUT2D eigenvalue weighted by Crippen LogP contribution is -2.41. The summed E-state index contributed by atoms with van der Waals surface area (Å²) in [6, 6.07) is 3.80. The minimum atomic E-state index is -0.104. The highest BCUT2D eigenvalue weighted by molar-refractivity contribution is 5.91. The fourth-order valence-corrected chi connectivity index (χ4v) is 2.85. The van der Waals surface area contributed by atoms with Crippen molar-refractivity contribution in [2.24, 2.45) is 5.92 Å². The molecule has 1 aliphatic carbocycles. The highest BCUT2D eigenvalue weighted by Gasteiger charge is 2.26. The zero-order valence-electron chi connectivity index (χ0n) is 11.8. The zero-order valence-corrected chi connectivity index (χ0v) is 11.8. The topological polar surface area (TPSA) is 51.5 Å². The molecular weight excluding hydrogens is 242 g/mol. The monoisotopic (exact) mass is 265 g/mol. The van der Waals surface area contributed by atoms with E-state index < -0.39 is 0 Å². The molecule has 1 saturated carbocycles. The van der Waals surface area contributed by atoms with Gasteiger partial charge in [-0.2, -0.15) is 0 Å². The van der Waals surface area contributed by atoms with Gasteiger partial charge in [-0.1, -0.05) is 26.2 Å². The summed E-state index contributed by atoms with van der Waals surface area (Å²) < 4.78 is 10.4. The Morgan fingerprint density at radius 3 is 2.95 bits per heavy atom. The number of nitrogens with one attached hydrogen (secondary N) is 1. The number of hydrogen-bond donors (Lipinski definition) is 1. The van der Waals surface area contributed by atoms with Gasteiger partial charge in [-0.05, 0) is 30.9 Å². The van der Waals surface area contributed by atoms with Gasteiger partial charge in [-0.3, -0.25) is 4.79 Å². The molecule has 0 spiro atoms. The van der Waals surface area contributed by atoms with E-state index in [1.807, 2.05) is 0 Å². The third kappa shape index (κ3) is 3.60. The Kier molecular flexibility index (Phi) is 5.02. The Labute approximate surface area is 114 Å². The lowest BCUT2D eigenvalue weighted by atomic mass is 9.83. The molecule has 0 bridgehead atoms. The maximum atomic E-state index is 12.1. The van der Waals surface area contributed by atoms with Crippen LogP contribution in [0.3, 0.4) is 0 Å². The summed E-state index contributed by atoms with van der Waals surface area (Å²) in [5.74, 6) is 1.56. The zero-order chi connectivity index (χ0) is 13.7. The van der Waals surface area contributed by atoms with Crippen molar-refractivity contribution in [3.05, 3.63) is 23.7 Å². The van der Waals surface area contributed by atoms with Crippen molar-refractivity contribution < 1.29 is 13.9 Å². The minimum absolute atomic E-state index is 0.104. The summed E-state index contributed by atoms with van der Waals surface area (Å²) in [5, 5.41) is 3.12. The van der Waals surface area contributed by atoms with E-state index in [-0.39, 0.29) is 5.91 Å². The molecule has 1 amide bonds. The van der Waals surface area contributed by atoms with Crippen molar-refractivity contribution in [1.29, 1.82) is 0 Å². The van der Waals surface area contributed by atoms with Gasteiger partial charge < -0.3 is 14.5 Å². The molecule has 2 unspecified atom stereocenters. The summed E-state index contributed by atoms with van der Waals surface area (Å²) in [7, 11) is 1.61. The quantitative estimate of drug-likeness (QED) is 0.890. The fourth-order valence-electron chi connectivity index (χ4n) is 2.85. The van der Waals surface area contributed by atoms with E-state index in [4.69, 9.17) is 9.15 Å². The van der Waals surface area contributed by atoms with Gasteiger partial charge in [0.25, 0.3) is 5.91 Å². The second kappa shape index (κ2) is 6.75. The summed E-state index contributed by atoms with van der Waals surface area (Å²) >= 11 is 0. The van der Waals surface area contributed by atoms with E-state index in [2.05, 4.69) is 12.2 Å². The number of carbonyl (C=O) groups is 1. The van der Waals surface area contributed by atoms with Crippen molar-refractivity contribution in [2.75, 3.05) is 7.11 Å². The van der Waals surface area contributed by atoms with Crippen LogP contribution in [0.4, 0.5) is 0 Å². The molecule has 0 aromatic carbocycles. The van der Waals surface area contributed by atoms with Gasteiger partial charge in [0.1, 0.15) is 12.4 Å². The molecule has 1 aromatic heterocycles. The Morgan fingerprint density at radius 1 is 1.42 bits per heavy atom. The van der Waals surface area contributed by atoms with Crippen molar-refractivity contribution in [1.82, 2.24) is 5.32 Å². The van der Waals surface area contributed by atoms with Gasteiger partial charge in [-0.25, -0.2) is 0 Å². The van der Waals surface area contributed by atoms with Crippen molar-refractivity contribution in [3.8, 4) is 0 Å². The maximum Gasteiger partial charge on any atom is 0.287 e. The van der Waals surface area contributed by atoms with Gasteiger partial charge in [0.2, 0.25) is 0 Å². The van der Waals surface area contributed by atoms with Gasteiger partial charge in [0.15, 0.2) is 5.76 Å². The Bertz CT molecular complexity index is 413. The third-order valence-corrected chi connectivity index (χ3v) is 3.92.